The highest BCUT2D eigenvalue weighted by molar-refractivity contribution is 6.88. The van der Waals surface area contributed by atoms with Crippen molar-refractivity contribution in [1.29, 1.82) is 0 Å². The van der Waals surface area contributed by atoms with Crippen molar-refractivity contribution in [3.05, 3.63) is 0 Å². The topological polar surface area (TPSA) is 83.1 Å². The van der Waals surface area contributed by atoms with Crippen LogP contribution in [-0.4, -0.2) is 96.3 Å². The molecule has 0 rings (SSSR count). The van der Waals surface area contributed by atoms with Gasteiger partial charge < -0.3 is 40.1 Å². The van der Waals surface area contributed by atoms with Crippen LogP contribution >= 0.6 is 0 Å². The average Bonchev–Trinajstić information content (AvgIpc) is 2.74. The van der Waals surface area contributed by atoms with Crippen LogP contribution in [0.25, 0.3) is 0 Å². The molecule has 4 atom stereocenters. The fourth-order valence-electron chi connectivity index (χ4n) is 4.70. The molecule has 0 aromatic heterocycles. The predicted molar refractivity (Wildman–Crippen MR) is 195 cm³/mol. The fourth-order valence-corrected chi connectivity index (χ4v) is 23.1. The Hall–Kier alpha value is 0.508. The lowest BCUT2D eigenvalue weighted by Gasteiger charge is -2.44. The summed E-state index contributed by atoms with van der Waals surface area (Å²) in [7, 11) is -11.3. The smallest absolute Gasteiger partial charge is 0.328 e. The molecule has 0 aliphatic rings. The van der Waals surface area contributed by atoms with Crippen LogP contribution in [0.1, 0.15) is 96.9 Å². The third-order valence-electron chi connectivity index (χ3n) is 6.56. The van der Waals surface area contributed by atoms with E-state index in [0.29, 0.717) is 63.8 Å². The fraction of sp³-hybridized carbons (Fsp3) is 1.00. The Labute approximate surface area is 283 Å². The van der Waals surface area contributed by atoms with E-state index in [1.54, 1.807) is 0 Å². The van der Waals surface area contributed by atoms with Crippen molar-refractivity contribution in [2.75, 3.05) is 39.6 Å². The lowest BCUT2D eigenvalue weighted by molar-refractivity contribution is 0.000618. The molecule has 0 saturated carbocycles. The Morgan fingerprint density at radius 3 is 0.756 bits per heavy atom. The summed E-state index contributed by atoms with van der Waals surface area (Å²) in [6.07, 6.45) is 0. The number of ether oxygens (including phenoxy) is 4. The minimum Gasteiger partial charge on any atom is -0.415 e. The lowest BCUT2D eigenvalue weighted by Crippen LogP contribution is -2.62. The van der Waals surface area contributed by atoms with Crippen LogP contribution < -0.4 is 0 Å². The first-order valence-corrected chi connectivity index (χ1v) is 27.1. The highest BCUT2D eigenvalue weighted by Crippen LogP contribution is 2.33. The van der Waals surface area contributed by atoms with E-state index in [1.165, 1.54) is 0 Å². The van der Waals surface area contributed by atoms with Crippen molar-refractivity contribution in [3.8, 4) is 0 Å². The van der Waals surface area contributed by atoms with Crippen LogP contribution in [0.2, 0.25) is 50.4 Å². The van der Waals surface area contributed by atoms with Gasteiger partial charge in [-0.05, 0) is 123 Å². The Morgan fingerprint density at radius 2 is 0.556 bits per heavy atom. The van der Waals surface area contributed by atoms with Crippen LogP contribution in [0.4, 0.5) is 0 Å². The van der Waals surface area contributed by atoms with Gasteiger partial charge in [-0.15, -0.1) is 0 Å². The second kappa shape index (κ2) is 18.5. The predicted octanol–water partition coefficient (Wildman–Crippen LogP) is 8.66. The largest absolute Gasteiger partial charge is 0.415 e. The van der Waals surface area contributed by atoms with Crippen LogP contribution in [0, 0.1) is 0 Å². The van der Waals surface area contributed by atoms with Crippen molar-refractivity contribution in [3.63, 3.8) is 0 Å². The van der Waals surface area contributed by atoms with E-state index in [4.69, 9.17) is 40.1 Å². The third kappa shape index (κ3) is 23.5. The number of hydrogen-bond donors (Lipinski definition) is 0. The Kier molecular flexibility index (Phi) is 18.7. The summed E-state index contributed by atoms with van der Waals surface area (Å²) in [5.74, 6) is 0. The van der Waals surface area contributed by atoms with Gasteiger partial charge in [0.25, 0.3) is 0 Å². The molecule has 4 unspecified atom stereocenters. The normalized spacial score (nSPS) is 19.1. The Bertz CT molecular complexity index is 759. The van der Waals surface area contributed by atoms with Crippen molar-refractivity contribution in [2.24, 2.45) is 0 Å². The molecule has 0 saturated heterocycles. The van der Waals surface area contributed by atoms with Gasteiger partial charge in [-0.1, -0.05) is 0 Å². The molecule has 272 valence electrons. The van der Waals surface area contributed by atoms with Gasteiger partial charge in [0.05, 0.1) is 22.4 Å². The molecule has 0 bridgehead atoms. The maximum Gasteiger partial charge on any atom is 0.328 e. The molecule has 0 heterocycles. The summed E-state index contributed by atoms with van der Waals surface area (Å²) in [5.41, 5.74) is -1.03. The van der Waals surface area contributed by atoms with E-state index in [1.807, 2.05) is 13.8 Å². The zero-order valence-corrected chi connectivity index (χ0v) is 36.7. The first kappa shape index (κ1) is 45.5. The quantitative estimate of drug-likeness (QED) is 0.102. The summed E-state index contributed by atoms with van der Waals surface area (Å²) < 4.78 is 59.2. The van der Waals surface area contributed by atoms with Crippen molar-refractivity contribution < 1.29 is 40.1 Å². The standard InChI is InChI=1S/C32H74O9Si4/c1-19-37-42(15,25-21-33-29(3,4)5)39-44(17,27-23-35-31(9,10)11)41-45(18,28-24-36-32(12,13)14)40-43(16,38-20-2)26-22-34-30(6,7)8/h19-28H2,1-18H3. The van der Waals surface area contributed by atoms with Gasteiger partial charge in [-0.3, -0.25) is 0 Å². The molecule has 0 spiro atoms. The molecule has 0 aliphatic carbocycles. The maximum atomic E-state index is 7.33. The van der Waals surface area contributed by atoms with Gasteiger partial charge in [0.2, 0.25) is 0 Å². The van der Waals surface area contributed by atoms with Crippen LogP contribution in [0.15, 0.2) is 0 Å². The third-order valence-corrected chi connectivity index (χ3v) is 23.2. The first-order chi connectivity index (χ1) is 20.1. The van der Waals surface area contributed by atoms with Crippen LogP contribution in [0.5, 0.6) is 0 Å². The molecular formula is C32H74O9Si4. The van der Waals surface area contributed by atoms with E-state index in [2.05, 4.69) is 109 Å². The molecule has 13 heteroatoms. The van der Waals surface area contributed by atoms with Crippen LogP contribution in [0.3, 0.4) is 0 Å². The highest BCUT2D eigenvalue weighted by Gasteiger charge is 2.51. The summed E-state index contributed by atoms with van der Waals surface area (Å²) >= 11 is 0. The van der Waals surface area contributed by atoms with E-state index >= 15 is 0 Å². The minimum absolute atomic E-state index is 0.239. The van der Waals surface area contributed by atoms with Crippen molar-refractivity contribution >= 4 is 34.2 Å². The van der Waals surface area contributed by atoms with Gasteiger partial charge in [0.15, 0.2) is 0 Å². The molecule has 0 aromatic carbocycles. The molecule has 0 fully saturated rings. The summed E-state index contributed by atoms with van der Waals surface area (Å²) in [6.45, 7) is 40.7. The molecule has 0 aliphatic heterocycles. The van der Waals surface area contributed by atoms with E-state index < -0.39 is 34.2 Å². The molecule has 0 amide bonds. The van der Waals surface area contributed by atoms with Gasteiger partial charge in [0.1, 0.15) is 0 Å². The van der Waals surface area contributed by atoms with Gasteiger partial charge in [0, 0.05) is 63.8 Å². The summed E-state index contributed by atoms with van der Waals surface area (Å²) in [4.78, 5) is 0. The molecule has 45 heavy (non-hydrogen) atoms. The average molecular weight is 715 g/mol. The van der Waals surface area contributed by atoms with E-state index in [0.717, 1.165) is 0 Å². The van der Waals surface area contributed by atoms with Crippen molar-refractivity contribution in [2.45, 2.75) is 170 Å². The van der Waals surface area contributed by atoms with Crippen LogP contribution in [-0.2, 0) is 40.1 Å². The zero-order valence-electron chi connectivity index (χ0n) is 32.7. The molecule has 0 aromatic rings. The highest BCUT2D eigenvalue weighted by atomic mass is 28.5. The molecule has 0 radical (unpaired) electrons. The maximum absolute atomic E-state index is 7.33. The summed E-state index contributed by atoms with van der Waals surface area (Å²) in [6, 6.07) is 2.69. The monoisotopic (exact) mass is 714 g/mol. The number of hydrogen-bond acceptors (Lipinski definition) is 9. The van der Waals surface area contributed by atoms with Crippen molar-refractivity contribution in [1.82, 2.24) is 0 Å². The molecule has 9 nitrogen and oxygen atoms in total. The van der Waals surface area contributed by atoms with E-state index in [9.17, 15) is 0 Å². The Balaban J connectivity index is 6.54. The number of rotatable bonds is 22. The van der Waals surface area contributed by atoms with Gasteiger partial charge >= 0.3 is 34.2 Å². The Morgan fingerprint density at radius 1 is 0.356 bits per heavy atom. The zero-order chi connectivity index (χ0) is 35.4. The van der Waals surface area contributed by atoms with E-state index in [-0.39, 0.29) is 22.4 Å². The molecular weight excluding hydrogens is 641 g/mol. The second-order valence-electron chi connectivity index (χ2n) is 16.6. The molecule has 0 N–H and O–H groups in total. The first-order valence-electron chi connectivity index (χ1n) is 17.0. The minimum atomic E-state index is -2.96. The SMILES string of the molecule is CCO[Si](C)(CCOC(C)(C)C)O[Si](C)(CCOC(C)(C)C)O[Si](C)(CCOC(C)(C)C)O[Si](C)(CCOC(C)(C)C)OCC. The second-order valence-corrected chi connectivity index (χ2v) is 30.6. The summed E-state index contributed by atoms with van der Waals surface area (Å²) in [5, 5.41) is 0. The van der Waals surface area contributed by atoms with Gasteiger partial charge in [-0.2, -0.15) is 0 Å². The lowest BCUT2D eigenvalue weighted by atomic mass is 10.2. The van der Waals surface area contributed by atoms with Gasteiger partial charge in [-0.25, -0.2) is 0 Å².